The van der Waals surface area contributed by atoms with Crippen LogP contribution in [0.1, 0.15) is 55.6 Å². The molecule has 0 bridgehead atoms. The first-order valence-corrected chi connectivity index (χ1v) is 18.5. The summed E-state index contributed by atoms with van der Waals surface area (Å²) in [4.78, 5) is 53.4. The molecule has 1 atom stereocenters. The van der Waals surface area contributed by atoms with Crippen molar-refractivity contribution in [1.29, 1.82) is 0 Å². The van der Waals surface area contributed by atoms with Gasteiger partial charge in [-0.3, -0.25) is 34.5 Å². The Morgan fingerprint density at radius 2 is 1.78 bits per heavy atom. The van der Waals surface area contributed by atoms with Gasteiger partial charge in [-0.2, -0.15) is 5.10 Å². The van der Waals surface area contributed by atoms with Gasteiger partial charge in [-0.1, -0.05) is 29.8 Å². The molecule has 286 valence electrons. The lowest BCUT2D eigenvalue weighted by Gasteiger charge is -2.36. The van der Waals surface area contributed by atoms with Crippen LogP contribution in [0.5, 0.6) is 5.75 Å². The average molecular weight is 768 g/mol. The molecular weight excluding hydrogens is 727 g/mol. The Morgan fingerprint density at radius 3 is 2.48 bits per heavy atom. The van der Waals surface area contributed by atoms with E-state index in [2.05, 4.69) is 30.5 Å². The van der Waals surface area contributed by atoms with Gasteiger partial charge < -0.3 is 19.5 Å². The fraction of sp³-hybridized carbons (Fsp3) is 0.447. The van der Waals surface area contributed by atoms with Crippen molar-refractivity contribution in [1.82, 2.24) is 29.9 Å². The molecule has 7 rings (SSSR count). The highest BCUT2D eigenvalue weighted by Gasteiger charge is 2.34. The minimum atomic E-state index is -4.88. The minimum absolute atomic E-state index is 0.0587. The smallest absolute Gasteiger partial charge is 0.405 e. The van der Waals surface area contributed by atoms with Gasteiger partial charge in [0.05, 0.1) is 12.7 Å². The standard InChI is InChI=1S/C38H41ClF3N7O5/c1-47-20-29(28-19-43-46-35(28)37(47)53)24-2-3-25(32(17-24)54-38(40,41)42)16-22-8-12-48(13-9-22)21-34(51)49-14-10-23(11-15-49)27-5-4-26(18-30(27)39)44-31-6-7-33(50)45-36(31)52/h2-5,17-20,22-23,31,44H,6-16,21H2,1H3,(H,43,46)(H,45,50,52). The number of alkyl halides is 3. The molecule has 2 aromatic carbocycles. The lowest BCUT2D eigenvalue weighted by molar-refractivity contribution is -0.274. The first-order chi connectivity index (χ1) is 25.8. The lowest BCUT2D eigenvalue weighted by atomic mass is 9.88. The van der Waals surface area contributed by atoms with Crippen LogP contribution in [0.25, 0.3) is 22.0 Å². The second-order valence-electron chi connectivity index (χ2n) is 14.5. The molecule has 3 aliphatic rings. The van der Waals surface area contributed by atoms with E-state index in [4.69, 9.17) is 11.6 Å². The Hall–Kier alpha value is -4.89. The number of carbonyl (C=O) groups excluding carboxylic acids is 3. The largest absolute Gasteiger partial charge is 0.573 e. The summed E-state index contributed by atoms with van der Waals surface area (Å²) in [5, 5.41) is 13.2. The number of anilines is 1. The quantitative estimate of drug-likeness (QED) is 0.194. The van der Waals surface area contributed by atoms with Crippen molar-refractivity contribution in [2.24, 2.45) is 13.0 Å². The van der Waals surface area contributed by atoms with Crippen molar-refractivity contribution in [3.05, 3.63) is 75.3 Å². The second-order valence-corrected chi connectivity index (χ2v) is 14.9. The molecular formula is C38H41ClF3N7O5. The number of benzene rings is 2. The SMILES string of the molecule is Cn1cc(-c2ccc(CC3CCN(CC(=O)N4CCC(c5ccc(NC6CCC(=O)NC6=O)cc5Cl)CC4)CC3)c(OC(F)(F)F)c2)c2cn[nH]c2c1=O. The van der Waals surface area contributed by atoms with Gasteiger partial charge in [-0.05, 0) is 98.3 Å². The van der Waals surface area contributed by atoms with Crippen LogP contribution in [0.3, 0.4) is 0 Å². The Morgan fingerprint density at radius 1 is 1.02 bits per heavy atom. The van der Waals surface area contributed by atoms with E-state index >= 15 is 0 Å². The third-order valence-electron chi connectivity index (χ3n) is 10.8. The molecule has 16 heteroatoms. The highest BCUT2D eigenvalue weighted by atomic mass is 35.5. The van der Waals surface area contributed by atoms with Crippen molar-refractivity contribution >= 4 is 45.9 Å². The number of hydrogen-bond donors (Lipinski definition) is 3. The summed E-state index contributed by atoms with van der Waals surface area (Å²) in [6.45, 7) is 2.82. The van der Waals surface area contributed by atoms with Gasteiger partial charge in [-0.25, -0.2) is 0 Å². The average Bonchev–Trinajstić information content (AvgIpc) is 3.63. The number of carbonyl (C=O) groups is 3. The van der Waals surface area contributed by atoms with E-state index in [1.165, 1.54) is 16.8 Å². The summed E-state index contributed by atoms with van der Waals surface area (Å²) < 4.78 is 46.6. The number of pyridine rings is 1. The van der Waals surface area contributed by atoms with Crippen LogP contribution in [-0.2, 0) is 27.9 Å². The van der Waals surface area contributed by atoms with Crippen molar-refractivity contribution in [3.8, 4) is 16.9 Å². The Kier molecular flexibility index (Phi) is 10.7. The lowest BCUT2D eigenvalue weighted by Crippen LogP contribution is -2.47. The molecule has 3 N–H and O–H groups in total. The third-order valence-corrected chi connectivity index (χ3v) is 11.2. The van der Waals surface area contributed by atoms with E-state index in [0.29, 0.717) is 71.8 Å². The van der Waals surface area contributed by atoms with Gasteiger partial charge in [0.15, 0.2) is 0 Å². The molecule has 0 aliphatic carbocycles. The number of nitrogens with zero attached hydrogens (tertiary/aromatic N) is 4. The number of ether oxygens (including phenoxy) is 1. The molecule has 3 amide bonds. The van der Waals surface area contributed by atoms with Gasteiger partial charge in [-0.15, -0.1) is 13.2 Å². The molecule has 1 unspecified atom stereocenters. The van der Waals surface area contributed by atoms with E-state index < -0.39 is 12.4 Å². The molecule has 5 heterocycles. The van der Waals surface area contributed by atoms with Crippen molar-refractivity contribution in [3.63, 3.8) is 0 Å². The summed E-state index contributed by atoms with van der Waals surface area (Å²) in [5.41, 5.74) is 3.15. The van der Waals surface area contributed by atoms with Gasteiger partial charge in [0, 0.05) is 54.4 Å². The maximum atomic E-state index is 13.6. The number of amides is 3. The molecule has 3 fully saturated rings. The van der Waals surface area contributed by atoms with E-state index in [9.17, 15) is 32.3 Å². The Balaban J connectivity index is 0.910. The van der Waals surface area contributed by atoms with Crippen molar-refractivity contribution in [2.45, 2.75) is 63.3 Å². The molecule has 2 aromatic heterocycles. The number of aromatic amines is 1. The second kappa shape index (κ2) is 15.5. The van der Waals surface area contributed by atoms with E-state index in [-0.39, 0.29) is 59.3 Å². The van der Waals surface area contributed by atoms with Crippen molar-refractivity contribution in [2.75, 3.05) is 38.0 Å². The number of imide groups is 1. The van der Waals surface area contributed by atoms with Crippen LogP contribution in [0.4, 0.5) is 18.9 Å². The molecule has 0 spiro atoms. The zero-order chi connectivity index (χ0) is 38.1. The van der Waals surface area contributed by atoms with E-state index in [1.807, 2.05) is 17.0 Å². The summed E-state index contributed by atoms with van der Waals surface area (Å²) >= 11 is 6.67. The van der Waals surface area contributed by atoms with Crippen LogP contribution < -0.4 is 20.9 Å². The number of aryl methyl sites for hydroxylation is 1. The van der Waals surface area contributed by atoms with E-state index in [1.54, 1.807) is 31.4 Å². The molecule has 12 nitrogen and oxygen atoms in total. The van der Waals surface area contributed by atoms with Crippen molar-refractivity contribution < 1.29 is 32.3 Å². The predicted octanol–water partition coefficient (Wildman–Crippen LogP) is 5.36. The maximum absolute atomic E-state index is 13.6. The Labute approximate surface area is 314 Å². The molecule has 54 heavy (non-hydrogen) atoms. The third kappa shape index (κ3) is 8.41. The first-order valence-electron chi connectivity index (χ1n) is 18.1. The number of nitrogens with one attached hydrogen (secondary N) is 3. The number of likely N-dealkylation sites (tertiary alicyclic amines) is 2. The fourth-order valence-corrected chi connectivity index (χ4v) is 8.20. The van der Waals surface area contributed by atoms with Crippen LogP contribution in [0.15, 0.2) is 53.6 Å². The molecule has 3 saturated heterocycles. The summed E-state index contributed by atoms with van der Waals surface area (Å²) in [5.74, 6) is -0.526. The van der Waals surface area contributed by atoms with Crippen LogP contribution >= 0.6 is 11.6 Å². The maximum Gasteiger partial charge on any atom is 0.573 e. The van der Waals surface area contributed by atoms with Gasteiger partial charge in [0.25, 0.3) is 5.56 Å². The number of rotatable bonds is 9. The summed E-state index contributed by atoms with van der Waals surface area (Å²) in [6.07, 6.45) is 2.26. The summed E-state index contributed by atoms with van der Waals surface area (Å²) in [7, 11) is 1.57. The molecule has 3 aliphatic heterocycles. The highest BCUT2D eigenvalue weighted by molar-refractivity contribution is 6.31. The number of halogens is 4. The van der Waals surface area contributed by atoms with Gasteiger partial charge in [0.2, 0.25) is 17.7 Å². The number of hydrogen-bond acceptors (Lipinski definition) is 8. The summed E-state index contributed by atoms with van der Waals surface area (Å²) in [6, 6.07) is 9.93. The zero-order valence-electron chi connectivity index (χ0n) is 29.7. The zero-order valence-corrected chi connectivity index (χ0v) is 30.4. The van der Waals surface area contributed by atoms with Crippen LogP contribution in [0.2, 0.25) is 5.02 Å². The monoisotopic (exact) mass is 767 g/mol. The van der Waals surface area contributed by atoms with Crippen LogP contribution in [-0.4, -0.2) is 87.4 Å². The van der Waals surface area contributed by atoms with Crippen LogP contribution in [0, 0.1) is 5.92 Å². The molecule has 4 aromatic rings. The topological polar surface area (TPSA) is 142 Å². The van der Waals surface area contributed by atoms with Gasteiger partial charge in [0.1, 0.15) is 17.3 Å². The Bertz CT molecular complexity index is 2120. The number of piperidine rings is 3. The highest BCUT2D eigenvalue weighted by Crippen LogP contribution is 2.37. The predicted molar refractivity (Wildman–Crippen MR) is 196 cm³/mol. The number of aromatic nitrogens is 3. The first kappa shape index (κ1) is 37.4. The molecule has 0 saturated carbocycles. The van der Waals surface area contributed by atoms with Gasteiger partial charge >= 0.3 is 6.36 Å². The minimum Gasteiger partial charge on any atom is -0.405 e. The number of H-pyrrole nitrogens is 1. The fourth-order valence-electron chi connectivity index (χ4n) is 7.86. The molecule has 0 radical (unpaired) electrons. The normalized spacial score (nSPS) is 19.3. The van der Waals surface area contributed by atoms with E-state index in [0.717, 1.165) is 31.2 Å². The number of fused-ring (bicyclic) bond motifs is 1.